The molecule has 420 valence electrons. The molecule has 0 saturated heterocycles. The highest BCUT2D eigenvalue weighted by Crippen LogP contribution is 2.44. The third-order valence-corrected chi connectivity index (χ3v) is 18.4. The number of hydrogen-bond donors (Lipinski definition) is 0. The molecule has 0 saturated carbocycles. The standard InChI is InChI=1S/C82H51N7O/c1-4-20-56(21-5-1)85(57-22-6-2-7-23-57)59-40-44-76-68(50-59)63-29-12-17-33-72(63)88(76)81-51-80(87-71-32-16-11-27-61(71)66-47-54(37-42-75(66)87)55-39-45-79-69(49-55)64-30-14-19-35-78(64)90-79)83-82(84-81)89-73-34-18-13-28-62(73)67-48-53(38-43-77(67)89)52-36-41-74-65(46-52)60-26-10-15-31-70(60)86(74)58-24-8-3-9-25-58/h1-51H. The molecule has 6 heterocycles. The average molecular weight is 1150 g/mol. The van der Waals surface area contributed by atoms with E-state index in [-0.39, 0.29) is 0 Å². The maximum absolute atomic E-state index is 6.28. The number of aromatic nitrogens is 6. The van der Waals surface area contributed by atoms with Gasteiger partial charge in [-0.05, 0) is 156 Å². The molecule has 0 atom stereocenters. The molecule has 6 aromatic heterocycles. The fourth-order valence-electron chi connectivity index (χ4n) is 14.4. The SMILES string of the molecule is c1ccc(N(c2ccccc2)c2ccc3c(c2)c2ccccc2n3-c2cc(-n3c4ccccc4c4cc(-c5ccc6oc7ccccc7c6c5)ccc43)nc(-n3c4ccccc4c4cc(-c5ccc6c(c5)c5ccccc5n6-c5ccccc5)ccc43)n2)cc1. The minimum Gasteiger partial charge on any atom is -0.456 e. The van der Waals surface area contributed by atoms with E-state index in [1.165, 1.54) is 21.8 Å². The Bertz CT molecular complexity index is 6070. The van der Waals surface area contributed by atoms with Crippen molar-refractivity contribution in [3.8, 4) is 45.5 Å². The molecule has 0 bridgehead atoms. The fourth-order valence-corrected chi connectivity index (χ4v) is 14.4. The Hall–Kier alpha value is -12.3. The van der Waals surface area contributed by atoms with E-state index in [1.54, 1.807) is 0 Å². The Morgan fingerprint density at radius 2 is 0.589 bits per heavy atom. The van der Waals surface area contributed by atoms with Crippen LogP contribution in [-0.4, -0.2) is 28.2 Å². The molecule has 90 heavy (non-hydrogen) atoms. The highest BCUT2D eigenvalue weighted by atomic mass is 16.3. The zero-order valence-corrected chi connectivity index (χ0v) is 48.5. The molecule has 13 aromatic carbocycles. The summed E-state index contributed by atoms with van der Waals surface area (Å²) in [6.07, 6.45) is 0. The third kappa shape index (κ3) is 7.61. The molecule has 19 rings (SSSR count). The lowest BCUT2D eigenvalue weighted by Crippen LogP contribution is -2.10. The predicted molar refractivity (Wildman–Crippen MR) is 372 cm³/mol. The van der Waals surface area contributed by atoms with Gasteiger partial charge in [0.2, 0.25) is 5.95 Å². The van der Waals surface area contributed by atoms with Crippen molar-refractivity contribution in [1.29, 1.82) is 0 Å². The first-order valence-corrected chi connectivity index (χ1v) is 30.5. The van der Waals surface area contributed by atoms with E-state index in [4.69, 9.17) is 14.4 Å². The van der Waals surface area contributed by atoms with Gasteiger partial charge in [-0.3, -0.25) is 13.7 Å². The van der Waals surface area contributed by atoms with Gasteiger partial charge in [-0.1, -0.05) is 170 Å². The summed E-state index contributed by atoms with van der Waals surface area (Å²) in [5.41, 5.74) is 19.2. The number of para-hydroxylation sites is 8. The summed E-state index contributed by atoms with van der Waals surface area (Å²) in [7, 11) is 0. The van der Waals surface area contributed by atoms with Gasteiger partial charge in [0.05, 0.1) is 44.1 Å². The van der Waals surface area contributed by atoms with E-state index in [0.29, 0.717) is 5.95 Å². The zero-order chi connectivity index (χ0) is 59.0. The molecule has 8 nitrogen and oxygen atoms in total. The smallest absolute Gasteiger partial charge is 0.238 e. The summed E-state index contributed by atoms with van der Waals surface area (Å²) in [5.74, 6) is 2.04. The van der Waals surface area contributed by atoms with Gasteiger partial charge in [0.1, 0.15) is 22.8 Å². The quantitative estimate of drug-likeness (QED) is 0.144. The topological polar surface area (TPSA) is 61.9 Å². The Kier molecular flexibility index (Phi) is 10.9. The first-order valence-electron chi connectivity index (χ1n) is 30.5. The van der Waals surface area contributed by atoms with Crippen molar-refractivity contribution in [2.24, 2.45) is 0 Å². The zero-order valence-electron chi connectivity index (χ0n) is 48.5. The Labute approximate surface area is 515 Å². The van der Waals surface area contributed by atoms with Crippen molar-refractivity contribution in [2.75, 3.05) is 4.90 Å². The van der Waals surface area contributed by atoms with Crippen molar-refractivity contribution < 1.29 is 4.42 Å². The van der Waals surface area contributed by atoms with Crippen molar-refractivity contribution in [3.63, 3.8) is 0 Å². The summed E-state index contributed by atoms with van der Waals surface area (Å²) in [6, 6.07) is 111. The second-order valence-corrected chi connectivity index (χ2v) is 23.3. The number of benzene rings is 13. The second-order valence-electron chi connectivity index (χ2n) is 23.3. The summed E-state index contributed by atoms with van der Waals surface area (Å²) in [4.78, 5) is 13.9. The Morgan fingerprint density at radius 1 is 0.233 bits per heavy atom. The molecule has 0 unspecified atom stereocenters. The fraction of sp³-hybridized carbons (Fsp3) is 0. The second kappa shape index (κ2) is 19.6. The summed E-state index contributed by atoms with van der Waals surface area (Å²) < 4.78 is 15.6. The maximum atomic E-state index is 6.28. The third-order valence-electron chi connectivity index (χ3n) is 18.4. The summed E-state index contributed by atoms with van der Waals surface area (Å²) in [6.45, 7) is 0. The Morgan fingerprint density at radius 3 is 1.11 bits per heavy atom. The lowest BCUT2D eigenvalue weighted by molar-refractivity contribution is 0.669. The van der Waals surface area contributed by atoms with E-state index in [1.807, 2.05) is 12.1 Å². The van der Waals surface area contributed by atoms with Gasteiger partial charge in [0, 0.05) is 82.7 Å². The predicted octanol–water partition coefficient (Wildman–Crippen LogP) is 21.6. The van der Waals surface area contributed by atoms with Crippen LogP contribution in [0.3, 0.4) is 0 Å². The van der Waals surface area contributed by atoms with Crippen LogP contribution in [-0.2, 0) is 0 Å². The molecule has 0 radical (unpaired) electrons. The lowest BCUT2D eigenvalue weighted by Gasteiger charge is -2.25. The summed E-state index contributed by atoms with van der Waals surface area (Å²) >= 11 is 0. The van der Waals surface area contributed by atoms with Gasteiger partial charge in [0.15, 0.2) is 0 Å². The van der Waals surface area contributed by atoms with Crippen LogP contribution >= 0.6 is 0 Å². The maximum Gasteiger partial charge on any atom is 0.238 e. The molecule has 0 aliphatic carbocycles. The number of anilines is 3. The van der Waals surface area contributed by atoms with Gasteiger partial charge in [0.25, 0.3) is 0 Å². The first kappa shape index (κ1) is 49.9. The van der Waals surface area contributed by atoms with Crippen LogP contribution < -0.4 is 4.90 Å². The average Bonchev–Trinajstić information content (AvgIpc) is 1.85. The molecule has 8 heteroatoms. The largest absolute Gasteiger partial charge is 0.456 e. The van der Waals surface area contributed by atoms with Gasteiger partial charge < -0.3 is 13.9 Å². The minimum absolute atomic E-state index is 0.557. The van der Waals surface area contributed by atoms with Crippen LogP contribution in [0, 0.1) is 0 Å². The van der Waals surface area contributed by atoms with Crippen LogP contribution in [0.4, 0.5) is 17.1 Å². The molecule has 0 aliphatic rings. The van der Waals surface area contributed by atoms with Crippen molar-refractivity contribution in [2.45, 2.75) is 0 Å². The highest BCUT2D eigenvalue weighted by molar-refractivity contribution is 6.15. The molecular formula is C82H51N7O. The number of hydrogen-bond acceptors (Lipinski definition) is 4. The molecular weight excluding hydrogens is 1100 g/mol. The molecule has 0 fully saturated rings. The van der Waals surface area contributed by atoms with Gasteiger partial charge in [-0.15, -0.1) is 0 Å². The minimum atomic E-state index is 0.557. The van der Waals surface area contributed by atoms with E-state index in [2.05, 4.69) is 320 Å². The Balaban J connectivity index is 0.835. The first-order chi connectivity index (χ1) is 44.6. The lowest BCUT2D eigenvalue weighted by atomic mass is 10.0. The van der Waals surface area contributed by atoms with E-state index in [0.717, 1.165) is 144 Å². The molecule has 19 aromatic rings. The van der Waals surface area contributed by atoms with Crippen LogP contribution in [0.1, 0.15) is 0 Å². The van der Waals surface area contributed by atoms with Crippen LogP contribution in [0.2, 0.25) is 0 Å². The van der Waals surface area contributed by atoms with Gasteiger partial charge in [-0.25, -0.2) is 0 Å². The van der Waals surface area contributed by atoms with Crippen molar-refractivity contribution >= 4 is 126 Å². The number of fused-ring (bicyclic) bond motifs is 15. The number of nitrogens with zero attached hydrogens (tertiary/aromatic N) is 7. The van der Waals surface area contributed by atoms with Gasteiger partial charge >= 0.3 is 0 Å². The molecule has 0 aliphatic heterocycles. The van der Waals surface area contributed by atoms with Crippen molar-refractivity contribution in [3.05, 3.63) is 309 Å². The molecule has 0 spiro atoms. The van der Waals surface area contributed by atoms with E-state index < -0.39 is 0 Å². The van der Waals surface area contributed by atoms with Crippen LogP contribution in [0.25, 0.3) is 155 Å². The van der Waals surface area contributed by atoms with E-state index >= 15 is 0 Å². The highest BCUT2D eigenvalue weighted by Gasteiger charge is 2.24. The number of rotatable bonds is 9. The molecule has 0 N–H and O–H groups in total. The van der Waals surface area contributed by atoms with Crippen molar-refractivity contribution in [1.82, 2.24) is 28.2 Å². The van der Waals surface area contributed by atoms with E-state index in [9.17, 15) is 0 Å². The monoisotopic (exact) mass is 1150 g/mol. The van der Waals surface area contributed by atoms with Crippen LogP contribution in [0.15, 0.2) is 314 Å². The van der Waals surface area contributed by atoms with Gasteiger partial charge in [-0.2, -0.15) is 9.97 Å². The van der Waals surface area contributed by atoms with Crippen LogP contribution in [0.5, 0.6) is 0 Å². The number of furan rings is 1. The normalized spacial score (nSPS) is 12.0. The summed E-state index contributed by atoms with van der Waals surface area (Å²) in [5, 5.41) is 11.4. The molecule has 0 amide bonds.